The van der Waals surface area contributed by atoms with Gasteiger partial charge in [-0.1, -0.05) is 0 Å². The van der Waals surface area contributed by atoms with E-state index >= 15 is 0 Å². The molecular weight excluding hydrogens is 218 g/mol. The molecule has 0 atom stereocenters. The molecule has 0 aromatic heterocycles. The van der Waals surface area contributed by atoms with Crippen molar-refractivity contribution in [3.63, 3.8) is 0 Å². The molecule has 1 N–H and O–H groups in total. The fourth-order valence-corrected chi connectivity index (χ4v) is 1.88. The number of benzene rings is 1. The zero-order valence-electron chi connectivity index (χ0n) is 7.87. The SMILES string of the molecule is COc1ccc(NS(C)(=O)=O)cc1[Si]. The molecule has 0 saturated heterocycles. The summed E-state index contributed by atoms with van der Waals surface area (Å²) in [6, 6.07) is 4.94. The summed E-state index contributed by atoms with van der Waals surface area (Å²) in [5, 5.41) is 0.696. The van der Waals surface area contributed by atoms with Crippen LogP contribution in [0, 0.1) is 0 Å². The molecule has 1 rings (SSSR count). The van der Waals surface area contributed by atoms with Crippen LogP contribution in [0.5, 0.6) is 5.75 Å². The summed E-state index contributed by atoms with van der Waals surface area (Å²) in [5.41, 5.74) is 0.498. The van der Waals surface area contributed by atoms with Gasteiger partial charge in [0.25, 0.3) is 0 Å². The summed E-state index contributed by atoms with van der Waals surface area (Å²) in [4.78, 5) is 0. The van der Waals surface area contributed by atoms with E-state index in [2.05, 4.69) is 15.0 Å². The molecule has 14 heavy (non-hydrogen) atoms. The fourth-order valence-electron chi connectivity index (χ4n) is 0.986. The first-order valence-electron chi connectivity index (χ1n) is 3.80. The van der Waals surface area contributed by atoms with Crippen molar-refractivity contribution in [1.82, 2.24) is 0 Å². The molecule has 3 radical (unpaired) electrons. The van der Waals surface area contributed by atoms with Gasteiger partial charge in [-0.15, -0.1) is 0 Å². The zero-order chi connectivity index (χ0) is 10.8. The lowest BCUT2D eigenvalue weighted by Gasteiger charge is -2.07. The Morgan fingerprint density at radius 1 is 1.43 bits per heavy atom. The summed E-state index contributed by atoms with van der Waals surface area (Å²) in [7, 11) is 1.63. The Morgan fingerprint density at radius 2 is 2.07 bits per heavy atom. The van der Waals surface area contributed by atoms with E-state index in [1.807, 2.05) is 0 Å². The van der Waals surface area contributed by atoms with Gasteiger partial charge in [-0.3, -0.25) is 4.72 Å². The second-order valence-corrected chi connectivity index (χ2v) is 5.08. The monoisotopic (exact) mass is 228 g/mol. The van der Waals surface area contributed by atoms with Crippen molar-refractivity contribution in [3.8, 4) is 5.75 Å². The topological polar surface area (TPSA) is 55.4 Å². The molecule has 0 aliphatic carbocycles. The van der Waals surface area contributed by atoms with Crippen LogP contribution < -0.4 is 14.6 Å². The maximum Gasteiger partial charge on any atom is 0.229 e. The maximum atomic E-state index is 10.9. The van der Waals surface area contributed by atoms with Gasteiger partial charge in [-0.05, 0) is 23.4 Å². The van der Waals surface area contributed by atoms with Gasteiger partial charge in [0.2, 0.25) is 10.0 Å². The van der Waals surface area contributed by atoms with Gasteiger partial charge in [0.15, 0.2) is 0 Å². The van der Waals surface area contributed by atoms with Gasteiger partial charge in [0.1, 0.15) is 5.75 Å². The van der Waals surface area contributed by atoms with Crippen LogP contribution in [0.4, 0.5) is 5.69 Å². The predicted octanol–water partition coefficient (Wildman–Crippen LogP) is -0.140. The fraction of sp³-hybridized carbons (Fsp3) is 0.250. The third-order valence-electron chi connectivity index (χ3n) is 1.50. The molecule has 1 aromatic carbocycles. The standard InChI is InChI=1S/C8H10NO3SSi/c1-12-7-4-3-6(5-8(7)14)9-13(2,10)11/h3-5,9H,1-2H3. The molecule has 0 saturated carbocycles. The predicted molar refractivity (Wildman–Crippen MR) is 56.8 cm³/mol. The van der Waals surface area contributed by atoms with Crippen LogP contribution in [0.15, 0.2) is 18.2 Å². The molecule has 0 unspecified atom stereocenters. The largest absolute Gasteiger partial charge is 0.497 e. The number of hydrogen-bond donors (Lipinski definition) is 1. The van der Waals surface area contributed by atoms with Crippen molar-refractivity contribution in [2.24, 2.45) is 0 Å². The molecule has 0 heterocycles. The van der Waals surface area contributed by atoms with E-state index in [1.165, 1.54) is 0 Å². The maximum absolute atomic E-state index is 10.9. The smallest absolute Gasteiger partial charge is 0.229 e. The third kappa shape index (κ3) is 3.04. The number of ether oxygens (including phenoxy) is 1. The minimum Gasteiger partial charge on any atom is -0.497 e. The Kier molecular flexibility index (Phi) is 3.17. The highest BCUT2D eigenvalue weighted by molar-refractivity contribution is 7.92. The molecular formula is C8H10NO3SSi. The van der Waals surface area contributed by atoms with Crippen LogP contribution in [-0.4, -0.2) is 32.0 Å². The van der Waals surface area contributed by atoms with Crippen LogP contribution in [0.25, 0.3) is 0 Å². The first-order valence-corrected chi connectivity index (χ1v) is 6.19. The Morgan fingerprint density at radius 3 is 2.50 bits per heavy atom. The molecule has 0 spiro atoms. The highest BCUT2D eigenvalue weighted by Gasteiger charge is 2.03. The summed E-state index contributed by atoms with van der Waals surface area (Å²) < 4.78 is 29.2. The third-order valence-corrected chi connectivity index (χ3v) is 2.50. The lowest BCUT2D eigenvalue weighted by Crippen LogP contribution is -2.13. The van der Waals surface area contributed by atoms with E-state index in [9.17, 15) is 8.42 Å². The highest BCUT2D eigenvalue weighted by Crippen LogP contribution is 2.12. The molecule has 0 amide bonds. The minimum atomic E-state index is -3.23. The second kappa shape index (κ2) is 4.01. The van der Waals surface area contributed by atoms with Crippen molar-refractivity contribution < 1.29 is 13.2 Å². The minimum absolute atomic E-state index is 0.498. The van der Waals surface area contributed by atoms with Crippen LogP contribution in [0.1, 0.15) is 0 Å². The normalized spacial score (nSPS) is 11.1. The Hall–Kier alpha value is -1.01. The number of anilines is 1. The van der Waals surface area contributed by atoms with Gasteiger partial charge in [0.05, 0.1) is 23.6 Å². The number of rotatable bonds is 3. The molecule has 4 nitrogen and oxygen atoms in total. The van der Waals surface area contributed by atoms with E-state index in [1.54, 1.807) is 25.3 Å². The van der Waals surface area contributed by atoms with Crippen molar-refractivity contribution in [3.05, 3.63) is 18.2 Å². The van der Waals surface area contributed by atoms with Crippen molar-refractivity contribution in [2.45, 2.75) is 0 Å². The van der Waals surface area contributed by atoms with Crippen LogP contribution in [0.3, 0.4) is 0 Å². The van der Waals surface area contributed by atoms with E-state index < -0.39 is 10.0 Å². The van der Waals surface area contributed by atoms with Crippen LogP contribution in [-0.2, 0) is 10.0 Å². The molecule has 0 bridgehead atoms. The van der Waals surface area contributed by atoms with Gasteiger partial charge < -0.3 is 4.74 Å². The molecule has 6 heteroatoms. The van der Waals surface area contributed by atoms with E-state index in [0.717, 1.165) is 6.26 Å². The van der Waals surface area contributed by atoms with Crippen molar-refractivity contribution in [1.29, 1.82) is 0 Å². The number of nitrogens with one attached hydrogen (secondary N) is 1. The van der Waals surface area contributed by atoms with Gasteiger partial charge >= 0.3 is 0 Å². The molecule has 1 aromatic rings. The summed E-state index contributed by atoms with van der Waals surface area (Å²) in [5.74, 6) is 0.653. The molecule has 75 valence electrons. The lowest BCUT2D eigenvalue weighted by molar-refractivity contribution is 0.418. The summed E-state index contributed by atoms with van der Waals surface area (Å²) in [6.07, 6.45) is 1.10. The summed E-state index contributed by atoms with van der Waals surface area (Å²) >= 11 is 0. The number of sulfonamides is 1. The Labute approximate surface area is 86.8 Å². The van der Waals surface area contributed by atoms with Gasteiger partial charge in [-0.2, -0.15) is 0 Å². The first-order chi connectivity index (χ1) is 6.42. The highest BCUT2D eigenvalue weighted by atomic mass is 32.2. The molecule has 0 fully saturated rings. The quantitative estimate of drug-likeness (QED) is 0.733. The van der Waals surface area contributed by atoms with Gasteiger partial charge in [0, 0.05) is 5.69 Å². The molecule has 0 aliphatic heterocycles. The molecule has 0 aliphatic rings. The van der Waals surface area contributed by atoms with Crippen LogP contribution in [0.2, 0.25) is 0 Å². The lowest BCUT2D eigenvalue weighted by atomic mass is 10.3. The summed E-state index contributed by atoms with van der Waals surface area (Å²) in [6.45, 7) is 0. The second-order valence-electron chi connectivity index (χ2n) is 2.79. The van der Waals surface area contributed by atoms with E-state index in [-0.39, 0.29) is 0 Å². The Balaban J connectivity index is 2.98. The van der Waals surface area contributed by atoms with Gasteiger partial charge in [-0.25, -0.2) is 8.42 Å². The average molecular weight is 228 g/mol. The van der Waals surface area contributed by atoms with Crippen molar-refractivity contribution in [2.75, 3.05) is 18.1 Å². The number of hydrogen-bond acceptors (Lipinski definition) is 3. The van der Waals surface area contributed by atoms with E-state index in [4.69, 9.17) is 4.74 Å². The van der Waals surface area contributed by atoms with Crippen LogP contribution >= 0.6 is 0 Å². The van der Waals surface area contributed by atoms with Crippen molar-refractivity contribution >= 4 is 31.1 Å². The average Bonchev–Trinajstić information content (AvgIpc) is 2.01. The van der Waals surface area contributed by atoms with E-state index in [0.29, 0.717) is 16.6 Å². The zero-order valence-corrected chi connectivity index (χ0v) is 9.68. The Bertz CT molecular complexity index is 430. The first kappa shape index (κ1) is 11.1. The number of methoxy groups -OCH3 is 1.